The molecule has 0 N–H and O–H groups in total. The standard InChI is InChI=1S/C28H38F2OSi/c1-2-3-4-17-31-25-10-12-26(13-11-25)32-18-15-23(16-19-32)21-5-7-22(8-6-21)24-9-14-27(29)28(30)20-24/h5-9,14,20,23,25-26,32H,2-4,10-13,15-19H2,1H3/t23-,25?,26?,32-. The van der Waals surface area contributed by atoms with Crippen molar-refractivity contribution in [3.05, 3.63) is 59.7 Å². The Labute approximate surface area is 194 Å². The topological polar surface area (TPSA) is 9.23 Å². The molecule has 4 rings (SSSR count). The summed E-state index contributed by atoms with van der Waals surface area (Å²) in [7, 11) is -0.637. The Hall–Kier alpha value is -1.52. The van der Waals surface area contributed by atoms with Crippen molar-refractivity contribution in [2.24, 2.45) is 0 Å². The largest absolute Gasteiger partial charge is 0.378 e. The Morgan fingerprint density at radius 2 is 1.50 bits per heavy atom. The first kappa shape index (κ1) is 23.6. The van der Waals surface area contributed by atoms with Crippen molar-refractivity contribution in [2.75, 3.05) is 6.61 Å². The summed E-state index contributed by atoms with van der Waals surface area (Å²) in [5, 5.41) is 0. The van der Waals surface area contributed by atoms with Crippen molar-refractivity contribution in [1.29, 1.82) is 0 Å². The maximum Gasteiger partial charge on any atom is 0.159 e. The molecule has 0 bridgehead atoms. The second-order valence-electron chi connectivity index (χ2n) is 9.98. The third kappa shape index (κ3) is 6.08. The second kappa shape index (κ2) is 11.6. The highest BCUT2D eigenvalue weighted by Gasteiger charge is 2.32. The van der Waals surface area contributed by atoms with Gasteiger partial charge in [-0.05, 0) is 72.4 Å². The SMILES string of the molecule is CCCCCOC1CCC([Si@H]2CC[C@H](c3ccc(-c4ccc(F)c(F)c4)cc3)CC2)CC1. The number of halogens is 2. The third-order valence-corrected chi connectivity index (χ3v) is 12.0. The second-order valence-corrected chi connectivity index (χ2v) is 13.6. The van der Waals surface area contributed by atoms with E-state index in [1.165, 1.54) is 87.6 Å². The molecular formula is C28H38F2OSi. The zero-order valence-corrected chi connectivity index (χ0v) is 20.7. The van der Waals surface area contributed by atoms with Gasteiger partial charge in [0, 0.05) is 15.4 Å². The summed E-state index contributed by atoms with van der Waals surface area (Å²) < 4.78 is 32.9. The van der Waals surface area contributed by atoms with Crippen LogP contribution in [0.5, 0.6) is 0 Å². The Bertz CT molecular complexity index is 837. The molecule has 2 aromatic carbocycles. The summed E-state index contributed by atoms with van der Waals surface area (Å²) in [6.07, 6.45) is 12.3. The number of hydrogen-bond donors (Lipinski definition) is 0. The van der Waals surface area contributed by atoms with E-state index in [9.17, 15) is 8.78 Å². The van der Waals surface area contributed by atoms with Gasteiger partial charge in [0.2, 0.25) is 0 Å². The van der Waals surface area contributed by atoms with Gasteiger partial charge in [-0.1, -0.05) is 75.0 Å². The van der Waals surface area contributed by atoms with E-state index in [1.54, 1.807) is 6.07 Å². The lowest BCUT2D eigenvalue weighted by molar-refractivity contribution is 0.0262. The molecule has 1 nitrogen and oxygen atoms in total. The van der Waals surface area contributed by atoms with Crippen molar-refractivity contribution in [1.82, 2.24) is 0 Å². The predicted molar refractivity (Wildman–Crippen MR) is 132 cm³/mol. The Morgan fingerprint density at radius 3 is 2.16 bits per heavy atom. The minimum Gasteiger partial charge on any atom is -0.378 e. The number of rotatable bonds is 8. The van der Waals surface area contributed by atoms with Crippen molar-refractivity contribution < 1.29 is 13.5 Å². The first-order valence-electron chi connectivity index (χ1n) is 12.8. The van der Waals surface area contributed by atoms with Gasteiger partial charge in [-0.3, -0.25) is 0 Å². The molecule has 1 saturated heterocycles. The molecule has 0 atom stereocenters. The lowest BCUT2D eigenvalue weighted by atomic mass is 9.92. The van der Waals surface area contributed by atoms with Crippen LogP contribution in [0, 0.1) is 11.6 Å². The van der Waals surface area contributed by atoms with Gasteiger partial charge in [0.15, 0.2) is 11.6 Å². The van der Waals surface area contributed by atoms with E-state index >= 15 is 0 Å². The summed E-state index contributed by atoms with van der Waals surface area (Å²) >= 11 is 0. The number of ether oxygens (including phenoxy) is 1. The van der Waals surface area contributed by atoms with Crippen LogP contribution in [0.4, 0.5) is 8.78 Å². The van der Waals surface area contributed by atoms with Gasteiger partial charge in [-0.25, -0.2) is 8.78 Å². The van der Waals surface area contributed by atoms with E-state index in [0.29, 0.717) is 12.0 Å². The fourth-order valence-electron chi connectivity index (χ4n) is 5.88. The highest BCUT2D eigenvalue weighted by molar-refractivity contribution is 6.60. The molecule has 0 aromatic heterocycles. The first-order valence-corrected chi connectivity index (χ1v) is 15.1. The summed E-state index contributed by atoms with van der Waals surface area (Å²) in [6.45, 7) is 3.20. The summed E-state index contributed by atoms with van der Waals surface area (Å²) in [5.74, 6) is -0.915. The molecule has 1 heterocycles. The van der Waals surface area contributed by atoms with Gasteiger partial charge in [0.05, 0.1) is 6.10 Å². The van der Waals surface area contributed by atoms with E-state index in [1.807, 2.05) is 0 Å². The normalized spacial score (nSPS) is 26.2. The molecule has 0 amide bonds. The van der Waals surface area contributed by atoms with Crippen LogP contribution in [0.1, 0.15) is 76.2 Å². The van der Waals surface area contributed by atoms with Crippen LogP contribution in [-0.4, -0.2) is 21.5 Å². The predicted octanol–water partition coefficient (Wildman–Crippen LogP) is 8.26. The lowest BCUT2D eigenvalue weighted by Crippen LogP contribution is -2.31. The van der Waals surface area contributed by atoms with Crippen LogP contribution in [-0.2, 0) is 4.74 Å². The fourth-order valence-corrected chi connectivity index (χ4v) is 10.1. The van der Waals surface area contributed by atoms with Crippen LogP contribution >= 0.6 is 0 Å². The minimum absolute atomic E-state index is 0.529. The molecule has 1 aliphatic heterocycles. The molecule has 4 heteroatoms. The zero-order valence-electron chi connectivity index (χ0n) is 19.5. The Morgan fingerprint density at radius 1 is 0.812 bits per heavy atom. The first-order chi connectivity index (χ1) is 15.6. The maximum atomic E-state index is 13.6. The molecule has 0 unspecified atom stereocenters. The number of hydrogen-bond acceptors (Lipinski definition) is 1. The Kier molecular flexibility index (Phi) is 8.53. The van der Waals surface area contributed by atoms with Gasteiger partial charge in [-0.2, -0.15) is 0 Å². The van der Waals surface area contributed by atoms with Gasteiger partial charge in [0.25, 0.3) is 0 Å². The molecular weight excluding hydrogens is 418 g/mol. The highest BCUT2D eigenvalue weighted by Crippen LogP contribution is 2.42. The minimum atomic E-state index is -0.792. The van der Waals surface area contributed by atoms with Gasteiger partial charge in [-0.15, -0.1) is 0 Å². The van der Waals surface area contributed by atoms with Crippen molar-refractivity contribution in [3.8, 4) is 11.1 Å². The number of benzene rings is 2. The fraction of sp³-hybridized carbons (Fsp3) is 0.571. The smallest absolute Gasteiger partial charge is 0.159 e. The molecule has 1 saturated carbocycles. The van der Waals surface area contributed by atoms with Crippen LogP contribution in [0.25, 0.3) is 11.1 Å². The van der Waals surface area contributed by atoms with Crippen LogP contribution in [0.15, 0.2) is 42.5 Å². The van der Waals surface area contributed by atoms with Crippen LogP contribution < -0.4 is 0 Å². The Balaban J connectivity index is 1.23. The molecule has 174 valence electrons. The van der Waals surface area contributed by atoms with Crippen molar-refractivity contribution >= 4 is 8.80 Å². The summed E-state index contributed by atoms with van der Waals surface area (Å²) in [5.41, 5.74) is 4.12. The average molecular weight is 457 g/mol. The van der Waals surface area contributed by atoms with E-state index in [0.717, 1.165) is 23.3 Å². The van der Waals surface area contributed by atoms with E-state index in [4.69, 9.17) is 4.74 Å². The highest BCUT2D eigenvalue weighted by atomic mass is 28.3. The molecule has 2 aliphatic rings. The van der Waals surface area contributed by atoms with Gasteiger partial charge >= 0.3 is 0 Å². The van der Waals surface area contributed by atoms with E-state index < -0.39 is 20.4 Å². The van der Waals surface area contributed by atoms with Crippen molar-refractivity contribution in [3.63, 3.8) is 0 Å². The van der Waals surface area contributed by atoms with E-state index in [-0.39, 0.29) is 0 Å². The quantitative estimate of drug-likeness (QED) is 0.287. The zero-order chi connectivity index (χ0) is 22.3. The molecule has 2 fully saturated rings. The van der Waals surface area contributed by atoms with E-state index in [2.05, 4.69) is 31.2 Å². The number of unbranched alkanes of at least 4 members (excludes halogenated alkanes) is 2. The summed E-state index contributed by atoms with van der Waals surface area (Å²) in [6, 6.07) is 15.6. The van der Waals surface area contributed by atoms with Gasteiger partial charge < -0.3 is 4.74 Å². The average Bonchev–Trinajstić information content (AvgIpc) is 2.84. The maximum absolute atomic E-state index is 13.6. The monoisotopic (exact) mass is 456 g/mol. The van der Waals surface area contributed by atoms with Gasteiger partial charge in [0.1, 0.15) is 0 Å². The molecule has 0 radical (unpaired) electrons. The summed E-state index contributed by atoms with van der Waals surface area (Å²) in [4.78, 5) is 0. The molecule has 1 aliphatic carbocycles. The van der Waals surface area contributed by atoms with Crippen LogP contribution in [0.3, 0.4) is 0 Å². The lowest BCUT2D eigenvalue weighted by Gasteiger charge is -2.37. The molecule has 0 spiro atoms. The van der Waals surface area contributed by atoms with Crippen molar-refractivity contribution in [2.45, 2.75) is 94.4 Å². The molecule has 32 heavy (non-hydrogen) atoms. The third-order valence-electron chi connectivity index (χ3n) is 7.89. The van der Waals surface area contributed by atoms with Crippen LogP contribution in [0.2, 0.25) is 17.6 Å². The molecule has 2 aromatic rings.